The Morgan fingerprint density at radius 3 is 2.40 bits per heavy atom. The first-order chi connectivity index (χ1) is 26.9. The van der Waals surface area contributed by atoms with Crippen molar-refractivity contribution in [3.63, 3.8) is 0 Å². The van der Waals surface area contributed by atoms with Gasteiger partial charge < -0.3 is 19.7 Å². The summed E-state index contributed by atoms with van der Waals surface area (Å²) in [5.41, 5.74) is 0.0104. The second kappa shape index (κ2) is 17.0. The van der Waals surface area contributed by atoms with Crippen molar-refractivity contribution in [1.29, 1.82) is 0 Å². The second-order valence-electron chi connectivity index (χ2n) is 16.7. The summed E-state index contributed by atoms with van der Waals surface area (Å²) in [5.74, 6) is -2.49. The van der Waals surface area contributed by atoms with Gasteiger partial charge in [0, 0.05) is 31.0 Å². The van der Waals surface area contributed by atoms with Crippen LogP contribution in [0.2, 0.25) is 0 Å². The number of rotatable bonds is 13. The summed E-state index contributed by atoms with van der Waals surface area (Å²) in [7, 11) is -4.08. The molecule has 310 valence electrons. The molecule has 0 aromatic heterocycles. The average Bonchev–Trinajstić information content (AvgIpc) is 3.97. The Labute approximate surface area is 332 Å². The highest BCUT2D eigenvalue weighted by molar-refractivity contribution is 7.90. The summed E-state index contributed by atoms with van der Waals surface area (Å²) in [6.45, 7) is 8.34. The van der Waals surface area contributed by atoms with Crippen molar-refractivity contribution < 1.29 is 51.0 Å². The smallest absolute Gasteiger partial charge is 0.410 e. The van der Waals surface area contributed by atoms with E-state index in [0.29, 0.717) is 36.3 Å². The number of carbonyl (C=O) groups excluding carboxylic acids is 6. The summed E-state index contributed by atoms with van der Waals surface area (Å²) in [6, 6.07) is -0.236. The lowest BCUT2D eigenvalue weighted by Gasteiger charge is -2.32. The maximum Gasteiger partial charge on any atom is 0.410 e. The lowest BCUT2D eigenvalue weighted by atomic mass is 10.0. The number of likely N-dealkylation sites (tertiary alicyclic amines) is 1. The van der Waals surface area contributed by atoms with Gasteiger partial charge in [-0.1, -0.05) is 37.1 Å². The molecule has 2 unspecified atom stereocenters. The zero-order valence-electron chi connectivity index (χ0n) is 32.6. The number of alkyl carbamates (subject to hydrolysis) is 1. The fraction of sp³-hybridized carbons (Fsp3) is 0.600. The molecule has 2 N–H and O–H groups in total. The standard InChI is InChI=1S/C40H52FN5O10S/c1-5-25-19-33(25)46(37(50)43-57(53,54)29-16-17-29)36(49)34-20-28(55-39(52)44-21-26-11-8-12-31(41)30(26)23-44)22-45(34)35(48)32(42-38(51)56-40(2,3)4)18-15-27(47)14-13-24-9-6-7-10-24/h5,8,11-14,24-25,28-29,32-34H,1,6-7,9-10,15-23H2,2-4H3,(H,42,51)(H,43,50)/b14-13+/t25?,28-,32+,33?,34+/m1/s1. The van der Waals surface area contributed by atoms with E-state index in [2.05, 4.69) is 11.9 Å². The molecule has 17 heteroatoms. The van der Waals surface area contributed by atoms with Crippen molar-refractivity contribution in [1.82, 2.24) is 24.7 Å². The van der Waals surface area contributed by atoms with E-state index in [1.165, 1.54) is 23.1 Å². The van der Waals surface area contributed by atoms with E-state index < -0.39 is 81.0 Å². The number of nitrogens with zero attached hydrogens (tertiary/aromatic N) is 3. The van der Waals surface area contributed by atoms with Crippen LogP contribution in [0.3, 0.4) is 0 Å². The second-order valence-corrected chi connectivity index (χ2v) is 18.6. The quantitative estimate of drug-likeness (QED) is 0.206. The third-order valence-corrected chi connectivity index (χ3v) is 12.8. The number of allylic oxidation sites excluding steroid dienone is 2. The molecule has 2 heterocycles. The average molecular weight is 814 g/mol. The Morgan fingerprint density at radius 1 is 1.05 bits per heavy atom. The van der Waals surface area contributed by atoms with Gasteiger partial charge in [-0.2, -0.15) is 0 Å². The Bertz CT molecular complexity index is 1920. The first-order valence-electron chi connectivity index (χ1n) is 19.7. The van der Waals surface area contributed by atoms with Crippen LogP contribution in [-0.2, 0) is 47.0 Å². The number of benzene rings is 1. The first kappa shape index (κ1) is 41.8. The molecule has 15 nitrogen and oxygen atoms in total. The van der Waals surface area contributed by atoms with Crippen LogP contribution in [0.15, 0.2) is 43.0 Å². The Morgan fingerprint density at radius 2 is 1.77 bits per heavy atom. The summed E-state index contributed by atoms with van der Waals surface area (Å²) in [6.07, 6.45) is 6.64. The zero-order valence-corrected chi connectivity index (χ0v) is 33.4. The topological polar surface area (TPSA) is 189 Å². The Balaban J connectivity index is 1.26. The third-order valence-electron chi connectivity index (χ3n) is 11.0. The maximum absolute atomic E-state index is 14.6. The number of amides is 6. The maximum atomic E-state index is 14.6. The van der Waals surface area contributed by atoms with Gasteiger partial charge in [0.2, 0.25) is 15.9 Å². The van der Waals surface area contributed by atoms with Gasteiger partial charge in [0.25, 0.3) is 5.91 Å². The van der Waals surface area contributed by atoms with E-state index in [-0.39, 0.29) is 50.6 Å². The number of halogens is 1. The van der Waals surface area contributed by atoms with E-state index in [1.807, 2.05) is 10.8 Å². The molecule has 5 atom stereocenters. The fourth-order valence-electron chi connectivity index (χ4n) is 7.72. The van der Waals surface area contributed by atoms with Gasteiger partial charge in [-0.3, -0.25) is 24.2 Å². The highest BCUT2D eigenvalue weighted by Gasteiger charge is 2.53. The molecule has 1 saturated heterocycles. The molecule has 3 aliphatic carbocycles. The molecule has 4 fully saturated rings. The van der Waals surface area contributed by atoms with Gasteiger partial charge in [0.1, 0.15) is 29.6 Å². The van der Waals surface area contributed by atoms with Crippen molar-refractivity contribution in [2.45, 2.75) is 133 Å². The van der Waals surface area contributed by atoms with E-state index >= 15 is 0 Å². The minimum Gasteiger partial charge on any atom is -0.444 e. The summed E-state index contributed by atoms with van der Waals surface area (Å²) >= 11 is 0. The van der Waals surface area contributed by atoms with Crippen molar-refractivity contribution in [2.75, 3.05) is 6.54 Å². The first-order valence-corrected chi connectivity index (χ1v) is 21.2. The van der Waals surface area contributed by atoms with Crippen LogP contribution in [0.5, 0.6) is 0 Å². The predicted molar refractivity (Wildman–Crippen MR) is 204 cm³/mol. The number of nitrogens with one attached hydrogen (secondary N) is 2. The number of imide groups is 1. The number of hydrogen-bond acceptors (Lipinski definition) is 10. The lowest BCUT2D eigenvalue weighted by molar-refractivity contribution is -0.143. The van der Waals surface area contributed by atoms with Crippen molar-refractivity contribution in [2.24, 2.45) is 11.8 Å². The summed E-state index contributed by atoms with van der Waals surface area (Å²) in [4.78, 5) is 85.6. The lowest BCUT2D eigenvalue weighted by Crippen LogP contribution is -2.57. The van der Waals surface area contributed by atoms with Crippen LogP contribution >= 0.6 is 0 Å². The van der Waals surface area contributed by atoms with E-state index in [9.17, 15) is 41.6 Å². The minimum absolute atomic E-state index is 0.0578. The van der Waals surface area contributed by atoms with Gasteiger partial charge in [-0.05, 0) is 88.8 Å². The van der Waals surface area contributed by atoms with E-state index in [0.717, 1.165) is 35.5 Å². The predicted octanol–water partition coefficient (Wildman–Crippen LogP) is 4.84. The van der Waals surface area contributed by atoms with Crippen LogP contribution in [-0.4, -0.2) is 101 Å². The van der Waals surface area contributed by atoms with Crippen LogP contribution < -0.4 is 10.0 Å². The number of fused-ring (bicyclic) bond motifs is 1. The number of ether oxygens (including phenoxy) is 2. The molecule has 57 heavy (non-hydrogen) atoms. The molecule has 5 aliphatic rings. The van der Waals surface area contributed by atoms with Crippen LogP contribution in [0.4, 0.5) is 18.8 Å². The van der Waals surface area contributed by atoms with Crippen molar-refractivity contribution in [3.8, 4) is 0 Å². The number of sulfonamides is 1. The molecule has 0 bridgehead atoms. The highest BCUT2D eigenvalue weighted by Crippen LogP contribution is 2.39. The number of ketones is 1. The van der Waals surface area contributed by atoms with Gasteiger partial charge in [-0.15, -0.1) is 6.58 Å². The molecular formula is C40H52FN5O10S. The highest BCUT2D eigenvalue weighted by atomic mass is 32.2. The largest absolute Gasteiger partial charge is 0.444 e. The van der Waals surface area contributed by atoms with E-state index in [4.69, 9.17) is 9.47 Å². The van der Waals surface area contributed by atoms with Gasteiger partial charge >= 0.3 is 18.2 Å². The third kappa shape index (κ3) is 10.4. The molecule has 1 aromatic rings. The Hall–Kier alpha value is -4.80. The van der Waals surface area contributed by atoms with Crippen LogP contribution in [0.25, 0.3) is 0 Å². The summed E-state index contributed by atoms with van der Waals surface area (Å²) in [5, 5.41) is 1.79. The van der Waals surface area contributed by atoms with Crippen LogP contribution in [0.1, 0.15) is 96.1 Å². The molecule has 6 amide bonds. The molecule has 0 spiro atoms. The normalized spacial score (nSPS) is 23.8. The molecule has 0 radical (unpaired) electrons. The number of urea groups is 1. The summed E-state index contributed by atoms with van der Waals surface area (Å²) < 4.78 is 53.5. The minimum atomic E-state index is -4.08. The van der Waals surface area contributed by atoms with Gasteiger partial charge in [-0.25, -0.2) is 31.9 Å². The number of hydrogen-bond donors (Lipinski definition) is 2. The Kier molecular flexibility index (Phi) is 12.5. The van der Waals surface area contributed by atoms with E-state index in [1.54, 1.807) is 32.9 Å². The fourth-order valence-corrected chi connectivity index (χ4v) is 8.98. The molecule has 2 aliphatic heterocycles. The zero-order chi connectivity index (χ0) is 41.2. The molecule has 1 aromatic carbocycles. The number of carbonyl (C=O) groups is 6. The van der Waals surface area contributed by atoms with Gasteiger partial charge in [0.05, 0.1) is 18.3 Å². The molecule has 3 saturated carbocycles. The monoisotopic (exact) mass is 813 g/mol. The van der Waals surface area contributed by atoms with Gasteiger partial charge in [0.15, 0.2) is 5.78 Å². The van der Waals surface area contributed by atoms with Crippen molar-refractivity contribution >= 4 is 45.8 Å². The van der Waals surface area contributed by atoms with Crippen molar-refractivity contribution in [3.05, 3.63) is 60.0 Å². The SMILES string of the molecule is C=CC1CC1N(C(=O)NS(=O)(=O)C1CC1)C(=O)[C@@H]1C[C@@H](OC(=O)N2Cc3cccc(F)c3C2)CN1C(=O)[C@H](CCC(=O)/C=C/C1CCCC1)NC(=O)OC(C)(C)C. The van der Waals surface area contributed by atoms with Crippen LogP contribution in [0, 0.1) is 17.7 Å². The molecule has 6 rings (SSSR count). The molecular weight excluding hydrogens is 762 g/mol.